The molecule has 1 aliphatic heterocycles. The van der Waals surface area contributed by atoms with Crippen LogP contribution in [-0.2, 0) is 4.79 Å². The summed E-state index contributed by atoms with van der Waals surface area (Å²) in [6, 6.07) is 0. The van der Waals surface area contributed by atoms with Crippen molar-refractivity contribution < 1.29 is 4.79 Å². The maximum Gasteiger partial charge on any atom is 0.222 e. The quantitative estimate of drug-likeness (QED) is 0.713. The van der Waals surface area contributed by atoms with Crippen molar-refractivity contribution in [1.29, 1.82) is 0 Å². The van der Waals surface area contributed by atoms with Gasteiger partial charge in [-0.2, -0.15) is 0 Å². The van der Waals surface area contributed by atoms with E-state index >= 15 is 0 Å². The maximum atomic E-state index is 12.2. The van der Waals surface area contributed by atoms with E-state index in [0.717, 1.165) is 51.5 Å². The largest absolute Gasteiger partial charge is 0.340 e. The molecule has 0 aromatic heterocycles. The molecule has 0 aromatic rings. The zero-order valence-electron chi connectivity index (χ0n) is 12.4. The lowest BCUT2D eigenvalue weighted by molar-refractivity contribution is -0.133. The first kappa shape index (κ1) is 14.6. The summed E-state index contributed by atoms with van der Waals surface area (Å²) in [4.78, 5) is 16.6. The molecule has 0 bridgehead atoms. The smallest absolute Gasteiger partial charge is 0.222 e. The summed E-state index contributed by atoms with van der Waals surface area (Å²) in [6.45, 7) is 10.8. The zero-order valence-corrected chi connectivity index (χ0v) is 12.4. The van der Waals surface area contributed by atoms with E-state index in [-0.39, 0.29) is 0 Å². The highest BCUT2D eigenvalue weighted by Crippen LogP contribution is 2.28. The number of amides is 1. The molecule has 2 fully saturated rings. The van der Waals surface area contributed by atoms with Gasteiger partial charge < -0.3 is 4.90 Å². The number of hydrogen-bond donors (Lipinski definition) is 0. The van der Waals surface area contributed by atoms with Gasteiger partial charge in [0.1, 0.15) is 0 Å². The van der Waals surface area contributed by atoms with Crippen LogP contribution in [0.5, 0.6) is 0 Å². The second-order valence-electron chi connectivity index (χ2n) is 6.30. The predicted molar refractivity (Wildman–Crippen MR) is 79.0 cm³/mol. The molecular formula is C16H28N2O. The Morgan fingerprint density at radius 2 is 1.79 bits per heavy atom. The third-order valence-corrected chi connectivity index (χ3v) is 4.46. The third kappa shape index (κ3) is 4.64. The van der Waals surface area contributed by atoms with Crippen LogP contribution in [0.1, 0.15) is 45.4 Å². The van der Waals surface area contributed by atoms with Gasteiger partial charge in [-0.3, -0.25) is 9.69 Å². The van der Waals surface area contributed by atoms with E-state index in [1.54, 1.807) is 0 Å². The minimum absolute atomic E-state index is 0.377. The zero-order chi connectivity index (χ0) is 13.7. The number of nitrogens with zero attached hydrogens (tertiary/aromatic N) is 2. The first-order valence-electron chi connectivity index (χ1n) is 7.79. The normalized spacial score (nSPS) is 21.8. The second kappa shape index (κ2) is 7.09. The van der Waals surface area contributed by atoms with Crippen LogP contribution in [0.4, 0.5) is 0 Å². The Hall–Kier alpha value is -0.830. The first-order valence-corrected chi connectivity index (χ1v) is 7.79. The Labute approximate surface area is 117 Å². The molecule has 0 N–H and O–H groups in total. The van der Waals surface area contributed by atoms with E-state index in [9.17, 15) is 4.79 Å². The van der Waals surface area contributed by atoms with Crippen molar-refractivity contribution in [3.63, 3.8) is 0 Å². The van der Waals surface area contributed by atoms with Gasteiger partial charge in [0.15, 0.2) is 0 Å². The molecule has 19 heavy (non-hydrogen) atoms. The fourth-order valence-electron chi connectivity index (χ4n) is 3.32. The van der Waals surface area contributed by atoms with Crippen molar-refractivity contribution in [3.8, 4) is 0 Å². The molecule has 1 heterocycles. The molecule has 1 saturated heterocycles. The molecule has 1 amide bonds. The van der Waals surface area contributed by atoms with E-state index in [4.69, 9.17) is 0 Å². The lowest BCUT2D eigenvalue weighted by atomic mass is 10.0. The fourth-order valence-corrected chi connectivity index (χ4v) is 3.32. The molecule has 0 atom stereocenters. The summed E-state index contributed by atoms with van der Waals surface area (Å²) in [7, 11) is 0. The minimum atomic E-state index is 0.377. The van der Waals surface area contributed by atoms with Crippen LogP contribution in [-0.4, -0.2) is 48.4 Å². The van der Waals surface area contributed by atoms with Gasteiger partial charge in [-0.25, -0.2) is 0 Å². The van der Waals surface area contributed by atoms with E-state index in [1.807, 2.05) is 0 Å². The van der Waals surface area contributed by atoms with Crippen molar-refractivity contribution in [2.24, 2.45) is 5.92 Å². The summed E-state index contributed by atoms with van der Waals surface area (Å²) < 4.78 is 0. The molecule has 2 rings (SSSR count). The van der Waals surface area contributed by atoms with E-state index in [0.29, 0.717) is 5.91 Å². The molecule has 1 saturated carbocycles. The molecule has 0 aromatic carbocycles. The Morgan fingerprint density at radius 1 is 1.16 bits per heavy atom. The predicted octanol–water partition coefficient (Wildman–Crippen LogP) is 2.68. The van der Waals surface area contributed by atoms with E-state index < -0.39 is 0 Å². The van der Waals surface area contributed by atoms with Gasteiger partial charge in [-0.15, -0.1) is 0 Å². The molecule has 108 valence electrons. The monoisotopic (exact) mass is 264 g/mol. The van der Waals surface area contributed by atoms with Gasteiger partial charge in [-0.05, 0) is 19.3 Å². The van der Waals surface area contributed by atoms with Gasteiger partial charge in [0, 0.05) is 39.1 Å². The minimum Gasteiger partial charge on any atom is -0.340 e. The summed E-state index contributed by atoms with van der Waals surface area (Å²) in [5, 5.41) is 0. The lowest BCUT2D eigenvalue weighted by Gasteiger charge is -2.35. The number of rotatable bonds is 5. The number of carbonyl (C=O) groups is 1. The maximum absolute atomic E-state index is 12.2. The Kier molecular flexibility index (Phi) is 5.44. The molecular weight excluding hydrogens is 236 g/mol. The topological polar surface area (TPSA) is 23.6 Å². The Morgan fingerprint density at radius 3 is 2.37 bits per heavy atom. The Bertz CT molecular complexity index is 313. The molecule has 1 aliphatic carbocycles. The van der Waals surface area contributed by atoms with Crippen LogP contribution in [0.25, 0.3) is 0 Å². The Balaban J connectivity index is 1.65. The van der Waals surface area contributed by atoms with Gasteiger partial charge >= 0.3 is 0 Å². The van der Waals surface area contributed by atoms with Crippen molar-refractivity contribution in [1.82, 2.24) is 9.80 Å². The van der Waals surface area contributed by atoms with Crippen LogP contribution < -0.4 is 0 Å². The highest BCUT2D eigenvalue weighted by atomic mass is 16.2. The summed E-state index contributed by atoms with van der Waals surface area (Å²) in [5.41, 5.74) is 1.21. The van der Waals surface area contributed by atoms with Crippen molar-refractivity contribution in [3.05, 3.63) is 12.2 Å². The molecule has 3 nitrogen and oxygen atoms in total. The summed E-state index contributed by atoms with van der Waals surface area (Å²) >= 11 is 0. The molecule has 0 unspecified atom stereocenters. The van der Waals surface area contributed by atoms with Gasteiger partial charge in [0.25, 0.3) is 0 Å². The summed E-state index contributed by atoms with van der Waals surface area (Å²) in [6.07, 6.45) is 7.33. The SMILES string of the molecule is C=C(C)CN1CCN(C(=O)CCC2CCCC2)CC1. The molecule has 0 spiro atoms. The van der Waals surface area contributed by atoms with Crippen LogP contribution in [0.3, 0.4) is 0 Å². The van der Waals surface area contributed by atoms with E-state index in [1.165, 1.54) is 31.3 Å². The van der Waals surface area contributed by atoms with Crippen molar-refractivity contribution in [2.45, 2.75) is 45.4 Å². The fraction of sp³-hybridized carbons (Fsp3) is 0.812. The third-order valence-electron chi connectivity index (χ3n) is 4.46. The average molecular weight is 264 g/mol. The summed E-state index contributed by atoms with van der Waals surface area (Å²) in [5.74, 6) is 1.20. The van der Waals surface area contributed by atoms with Gasteiger partial charge in [0.05, 0.1) is 0 Å². The van der Waals surface area contributed by atoms with Crippen LogP contribution in [0, 0.1) is 5.92 Å². The highest BCUT2D eigenvalue weighted by molar-refractivity contribution is 5.76. The van der Waals surface area contributed by atoms with Crippen LogP contribution in [0.2, 0.25) is 0 Å². The van der Waals surface area contributed by atoms with Crippen LogP contribution in [0.15, 0.2) is 12.2 Å². The number of piperazine rings is 1. The second-order valence-corrected chi connectivity index (χ2v) is 6.30. The van der Waals surface area contributed by atoms with Crippen molar-refractivity contribution >= 4 is 5.91 Å². The van der Waals surface area contributed by atoms with Gasteiger partial charge in [-0.1, -0.05) is 37.8 Å². The average Bonchev–Trinajstić information content (AvgIpc) is 2.89. The lowest BCUT2D eigenvalue weighted by Crippen LogP contribution is -2.48. The van der Waals surface area contributed by atoms with E-state index in [2.05, 4.69) is 23.3 Å². The molecule has 3 heteroatoms. The van der Waals surface area contributed by atoms with Crippen molar-refractivity contribution in [2.75, 3.05) is 32.7 Å². The molecule has 2 aliphatic rings. The van der Waals surface area contributed by atoms with Crippen LogP contribution >= 0.6 is 0 Å². The number of carbonyl (C=O) groups excluding carboxylic acids is 1. The molecule has 0 radical (unpaired) electrons. The highest BCUT2D eigenvalue weighted by Gasteiger charge is 2.22. The standard InChI is InChI=1S/C16H28N2O/c1-14(2)13-17-9-11-18(12-10-17)16(19)8-7-15-5-3-4-6-15/h15H,1,3-13H2,2H3. The van der Waals surface area contributed by atoms with Gasteiger partial charge in [0.2, 0.25) is 5.91 Å². The first-order chi connectivity index (χ1) is 9.15. The number of hydrogen-bond acceptors (Lipinski definition) is 2.